The van der Waals surface area contributed by atoms with Gasteiger partial charge in [-0.1, -0.05) is 12.1 Å². The van der Waals surface area contributed by atoms with E-state index in [0.29, 0.717) is 11.6 Å². The molecule has 0 spiro atoms. The van der Waals surface area contributed by atoms with Crippen molar-refractivity contribution in [2.24, 2.45) is 5.92 Å². The van der Waals surface area contributed by atoms with Gasteiger partial charge in [0, 0.05) is 13.1 Å². The van der Waals surface area contributed by atoms with Gasteiger partial charge in [-0.3, -0.25) is 4.79 Å². The van der Waals surface area contributed by atoms with Gasteiger partial charge in [0.1, 0.15) is 5.75 Å². The van der Waals surface area contributed by atoms with E-state index in [2.05, 4.69) is 22.6 Å². The first-order chi connectivity index (χ1) is 13.5. The number of hydrogen-bond donors (Lipinski definition) is 1. The van der Waals surface area contributed by atoms with E-state index >= 15 is 0 Å². The summed E-state index contributed by atoms with van der Waals surface area (Å²) in [4.78, 5) is 14.8. The zero-order valence-electron chi connectivity index (χ0n) is 17.7. The molecule has 0 radical (unpaired) electrons. The molecule has 0 bridgehead atoms. The largest absolute Gasteiger partial charge is 0.491 e. The number of rotatable bonds is 7. The highest BCUT2D eigenvalue weighted by atomic mass is 35.5. The Hall–Kier alpha value is -2.12. The van der Waals surface area contributed by atoms with Crippen molar-refractivity contribution in [2.45, 2.75) is 46.6 Å². The Labute approximate surface area is 179 Å². The lowest BCUT2D eigenvalue weighted by molar-refractivity contribution is 0.0683. The Kier molecular flexibility index (Phi) is 8.46. The Morgan fingerprint density at radius 3 is 2.48 bits per heavy atom. The van der Waals surface area contributed by atoms with Gasteiger partial charge in [-0.15, -0.1) is 17.5 Å². The number of nitrogens with one attached hydrogen (secondary N) is 1. The number of nitrogens with zero attached hydrogens (tertiary/aromatic N) is 4. The van der Waals surface area contributed by atoms with Crippen molar-refractivity contribution in [2.75, 3.05) is 26.2 Å². The first-order valence-corrected chi connectivity index (χ1v) is 10.2. The maximum Gasteiger partial charge on any atom is 0.276 e. The molecule has 29 heavy (non-hydrogen) atoms. The highest BCUT2D eigenvalue weighted by Gasteiger charge is 2.27. The van der Waals surface area contributed by atoms with Crippen LogP contribution in [0.15, 0.2) is 24.3 Å². The number of carbonyl (C=O) groups is 1. The molecule has 0 saturated carbocycles. The monoisotopic (exact) mass is 421 g/mol. The van der Waals surface area contributed by atoms with Crippen LogP contribution in [0.4, 0.5) is 0 Å². The van der Waals surface area contributed by atoms with Gasteiger partial charge >= 0.3 is 0 Å². The quantitative estimate of drug-likeness (QED) is 0.742. The molecule has 0 aliphatic carbocycles. The van der Waals surface area contributed by atoms with Crippen LogP contribution in [0.5, 0.6) is 5.75 Å². The number of amides is 1. The van der Waals surface area contributed by atoms with Crippen LogP contribution in [0.1, 0.15) is 49.8 Å². The van der Waals surface area contributed by atoms with E-state index in [9.17, 15) is 4.79 Å². The van der Waals surface area contributed by atoms with E-state index < -0.39 is 0 Å². The second-order valence-electron chi connectivity index (χ2n) is 7.64. The van der Waals surface area contributed by atoms with Gasteiger partial charge < -0.3 is 15.0 Å². The van der Waals surface area contributed by atoms with Gasteiger partial charge in [-0.2, -0.15) is 0 Å². The number of halogens is 1. The summed E-state index contributed by atoms with van der Waals surface area (Å²) in [6.45, 7) is 11.6. The molecule has 2 aromatic rings. The van der Waals surface area contributed by atoms with Gasteiger partial charge in [-0.25, -0.2) is 4.68 Å². The Morgan fingerprint density at radius 2 is 1.90 bits per heavy atom. The molecule has 0 unspecified atom stereocenters. The van der Waals surface area contributed by atoms with Gasteiger partial charge in [0.15, 0.2) is 5.69 Å². The highest BCUT2D eigenvalue weighted by molar-refractivity contribution is 5.93. The minimum atomic E-state index is -0.0228. The lowest BCUT2D eigenvalue weighted by Gasteiger charge is -2.31. The number of hydrogen-bond acceptors (Lipinski definition) is 5. The van der Waals surface area contributed by atoms with Gasteiger partial charge in [0.25, 0.3) is 5.91 Å². The van der Waals surface area contributed by atoms with E-state index in [1.54, 1.807) is 4.68 Å². The maximum atomic E-state index is 12.9. The number of likely N-dealkylation sites (tertiary alicyclic amines) is 1. The fourth-order valence-corrected chi connectivity index (χ4v) is 3.55. The van der Waals surface area contributed by atoms with E-state index in [1.165, 1.54) is 0 Å². The molecule has 160 valence electrons. The van der Waals surface area contributed by atoms with Crippen LogP contribution < -0.4 is 10.1 Å². The van der Waals surface area contributed by atoms with Crippen molar-refractivity contribution in [3.63, 3.8) is 0 Å². The zero-order chi connectivity index (χ0) is 20.1. The van der Waals surface area contributed by atoms with Crippen molar-refractivity contribution < 1.29 is 9.53 Å². The normalized spacial score (nSPS) is 14.7. The molecule has 1 aromatic carbocycles. The Bertz CT molecular complexity index is 783. The van der Waals surface area contributed by atoms with Crippen molar-refractivity contribution in [1.82, 2.24) is 25.2 Å². The second kappa shape index (κ2) is 10.6. The van der Waals surface area contributed by atoms with Gasteiger partial charge in [0.2, 0.25) is 0 Å². The van der Waals surface area contributed by atoms with Crippen molar-refractivity contribution in [3.8, 4) is 11.4 Å². The molecule has 1 fully saturated rings. The van der Waals surface area contributed by atoms with Crippen molar-refractivity contribution in [3.05, 3.63) is 35.7 Å². The van der Waals surface area contributed by atoms with E-state index in [1.807, 2.05) is 49.9 Å². The van der Waals surface area contributed by atoms with E-state index in [0.717, 1.165) is 56.2 Å². The smallest absolute Gasteiger partial charge is 0.276 e. The number of benzene rings is 1. The predicted molar refractivity (Wildman–Crippen MR) is 116 cm³/mol. The summed E-state index contributed by atoms with van der Waals surface area (Å²) in [6.07, 6.45) is 2.19. The Balaban J connectivity index is 0.00000300. The average molecular weight is 422 g/mol. The summed E-state index contributed by atoms with van der Waals surface area (Å²) in [5.41, 5.74) is 2.06. The molecule has 1 amide bonds. The van der Waals surface area contributed by atoms with Gasteiger partial charge in [0.05, 0.1) is 17.5 Å². The van der Waals surface area contributed by atoms with Crippen molar-refractivity contribution in [1.29, 1.82) is 0 Å². The number of aromatic nitrogens is 3. The molecule has 8 heteroatoms. The molecule has 7 nitrogen and oxygen atoms in total. The fraction of sp³-hybridized carbons (Fsp3) is 0.571. The topological polar surface area (TPSA) is 72.3 Å². The minimum Gasteiger partial charge on any atom is -0.491 e. The van der Waals surface area contributed by atoms with Crippen LogP contribution in [-0.2, 0) is 0 Å². The third kappa shape index (κ3) is 5.70. The summed E-state index contributed by atoms with van der Waals surface area (Å²) >= 11 is 0. The van der Waals surface area contributed by atoms with Crippen LogP contribution in [0.2, 0.25) is 0 Å². The summed E-state index contributed by atoms with van der Waals surface area (Å²) in [5.74, 6) is 1.44. The summed E-state index contributed by atoms with van der Waals surface area (Å²) < 4.78 is 7.39. The molecule has 1 N–H and O–H groups in total. The SMILES string of the molecule is CCNCC1CCN(C(=O)c2nnn(-c3ccc(OC(C)C)cc3)c2C)CC1.Cl. The molecule has 0 atom stereocenters. The van der Waals surface area contributed by atoms with Crippen LogP contribution in [0.25, 0.3) is 5.69 Å². The van der Waals surface area contributed by atoms with E-state index in [4.69, 9.17) is 4.74 Å². The van der Waals surface area contributed by atoms with Crippen LogP contribution in [0.3, 0.4) is 0 Å². The standard InChI is InChI=1S/C21H31N5O2.ClH/c1-5-22-14-17-10-12-25(13-11-17)21(27)20-16(4)26(24-23-20)18-6-8-19(9-7-18)28-15(2)3;/h6-9,15,17,22H,5,10-14H2,1-4H3;1H. The molecule has 1 saturated heterocycles. The Morgan fingerprint density at radius 1 is 1.24 bits per heavy atom. The first kappa shape index (κ1) is 23.2. The van der Waals surface area contributed by atoms with Crippen LogP contribution in [-0.4, -0.2) is 58.1 Å². The predicted octanol–water partition coefficient (Wildman–Crippen LogP) is 3.25. The molecule has 1 aromatic heterocycles. The summed E-state index contributed by atoms with van der Waals surface area (Å²) in [7, 11) is 0. The zero-order valence-corrected chi connectivity index (χ0v) is 18.5. The highest BCUT2D eigenvalue weighted by Crippen LogP contribution is 2.21. The average Bonchev–Trinajstić information content (AvgIpc) is 3.08. The third-order valence-electron chi connectivity index (χ3n) is 5.13. The van der Waals surface area contributed by atoms with Crippen LogP contribution >= 0.6 is 12.4 Å². The number of carbonyl (C=O) groups excluding carboxylic acids is 1. The van der Waals surface area contributed by atoms with Crippen LogP contribution in [0, 0.1) is 12.8 Å². The van der Waals surface area contributed by atoms with Crippen molar-refractivity contribution >= 4 is 18.3 Å². The summed E-state index contributed by atoms with van der Waals surface area (Å²) in [5, 5.41) is 11.8. The molecule has 2 heterocycles. The maximum absolute atomic E-state index is 12.9. The molecular weight excluding hydrogens is 390 g/mol. The molecule has 3 rings (SSSR count). The third-order valence-corrected chi connectivity index (χ3v) is 5.13. The molecule has 1 aliphatic rings. The van der Waals surface area contributed by atoms with E-state index in [-0.39, 0.29) is 24.4 Å². The minimum absolute atomic E-state index is 0. The number of ether oxygens (including phenoxy) is 1. The lowest BCUT2D eigenvalue weighted by atomic mass is 9.96. The lowest BCUT2D eigenvalue weighted by Crippen LogP contribution is -2.41. The van der Waals surface area contributed by atoms with Gasteiger partial charge in [-0.05, 0) is 76.9 Å². The fourth-order valence-electron chi connectivity index (χ4n) is 3.55. The molecule has 1 aliphatic heterocycles. The second-order valence-corrected chi connectivity index (χ2v) is 7.64. The molecular formula is C21H32ClN5O2. The first-order valence-electron chi connectivity index (χ1n) is 10.2. The summed E-state index contributed by atoms with van der Waals surface area (Å²) in [6, 6.07) is 7.68. The number of piperidine rings is 1.